The molecule has 0 saturated carbocycles. The second kappa shape index (κ2) is 7.48. The van der Waals surface area contributed by atoms with Crippen LogP contribution in [0.25, 0.3) is 0 Å². The van der Waals surface area contributed by atoms with Crippen LogP contribution in [0.2, 0.25) is 4.34 Å². The summed E-state index contributed by atoms with van der Waals surface area (Å²) in [5.74, 6) is -0.0581. The second-order valence-corrected chi connectivity index (χ2v) is 9.79. The number of sulfonamides is 1. The zero-order valence-electron chi connectivity index (χ0n) is 13.2. The van der Waals surface area contributed by atoms with Crippen LogP contribution in [0.3, 0.4) is 0 Å². The van der Waals surface area contributed by atoms with Crippen molar-refractivity contribution in [3.8, 4) is 0 Å². The number of hydrogen-bond donors (Lipinski definition) is 1. The van der Waals surface area contributed by atoms with E-state index in [2.05, 4.69) is 0 Å². The van der Waals surface area contributed by atoms with E-state index in [1.165, 1.54) is 10.4 Å². The molecule has 23 heavy (non-hydrogen) atoms. The van der Waals surface area contributed by atoms with Crippen molar-refractivity contribution in [3.05, 3.63) is 16.5 Å². The van der Waals surface area contributed by atoms with Gasteiger partial charge in [0.15, 0.2) is 0 Å². The Kier molecular flexibility index (Phi) is 6.07. The average molecular weight is 380 g/mol. The Morgan fingerprint density at radius 3 is 2.52 bits per heavy atom. The van der Waals surface area contributed by atoms with Crippen LogP contribution in [0.4, 0.5) is 0 Å². The summed E-state index contributed by atoms with van der Waals surface area (Å²) in [5, 5.41) is 0. The molecule has 1 aliphatic heterocycles. The van der Waals surface area contributed by atoms with Crippen LogP contribution >= 0.6 is 22.9 Å². The van der Waals surface area contributed by atoms with Crippen molar-refractivity contribution >= 4 is 38.9 Å². The van der Waals surface area contributed by atoms with Gasteiger partial charge in [-0.15, -0.1) is 11.3 Å². The molecule has 130 valence electrons. The van der Waals surface area contributed by atoms with Crippen molar-refractivity contribution in [2.75, 3.05) is 26.2 Å². The van der Waals surface area contributed by atoms with Gasteiger partial charge in [-0.25, -0.2) is 8.42 Å². The number of hydrogen-bond acceptors (Lipinski definition) is 5. The second-order valence-electron chi connectivity index (χ2n) is 5.91. The molecule has 0 bridgehead atoms. The van der Waals surface area contributed by atoms with E-state index >= 15 is 0 Å². The number of rotatable bonds is 4. The molecule has 1 aromatic heterocycles. The van der Waals surface area contributed by atoms with Crippen molar-refractivity contribution < 1.29 is 13.2 Å². The van der Waals surface area contributed by atoms with Crippen molar-refractivity contribution in [2.45, 2.75) is 30.5 Å². The minimum atomic E-state index is -3.55. The maximum Gasteiger partial charge on any atom is 0.252 e. The average Bonchev–Trinajstić information content (AvgIpc) is 2.79. The van der Waals surface area contributed by atoms with E-state index in [1.807, 2.05) is 13.8 Å². The van der Waals surface area contributed by atoms with Gasteiger partial charge in [0.25, 0.3) is 10.0 Å². The van der Waals surface area contributed by atoms with Crippen molar-refractivity contribution in [1.29, 1.82) is 0 Å². The smallest absolute Gasteiger partial charge is 0.252 e. The fourth-order valence-electron chi connectivity index (χ4n) is 2.41. The van der Waals surface area contributed by atoms with Crippen LogP contribution in [-0.2, 0) is 14.8 Å². The predicted octanol–water partition coefficient (Wildman–Crippen LogP) is 1.61. The van der Waals surface area contributed by atoms with Crippen molar-refractivity contribution in [3.63, 3.8) is 0 Å². The third-order valence-corrected chi connectivity index (χ3v) is 7.51. The third kappa shape index (κ3) is 4.24. The van der Waals surface area contributed by atoms with Gasteiger partial charge in [-0.1, -0.05) is 25.4 Å². The van der Waals surface area contributed by atoms with E-state index in [4.69, 9.17) is 17.3 Å². The van der Waals surface area contributed by atoms with Crippen LogP contribution in [-0.4, -0.2) is 55.8 Å². The summed E-state index contributed by atoms with van der Waals surface area (Å²) < 4.78 is 27.3. The summed E-state index contributed by atoms with van der Waals surface area (Å²) in [4.78, 5) is 14.0. The minimum absolute atomic E-state index is 0.0545. The van der Waals surface area contributed by atoms with Gasteiger partial charge in [-0.3, -0.25) is 4.79 Å². The van der Waals surface area contributed by atoms with Crippen molar-refractivity contribution in [2.24, 2.45) is 11.7 Å². The van der Waals surface area contributed by atoms with E-state index in [0.29, 0.717) is 30.4 Å². The molecule has 2 rings (SSSR count). The van der Waals surface area contributed by atoms with E-state index in [1.54, 1.807) is 11.0 Å². The highest BCUT2D eigenvalue weighted by Crippen LogP contribution is 2.28. The Labute approximate surface area is 146 Å². The van der Waals surface area contributed by atoms with Gasteiger partial charge in [0.2, 0.25) is 5.91 Å². The molecule has 0 aliphatic carbocycles. The topological polar surface area (TPSA) is 83.7 Å². The maximum absolute atomic E-state index is 12.6. The number of nitrogens with two attached hydrogens (primary N) is 1. The van der Waals surface area contributed by atoms with Gasteiger partial charge in [0, 0.05) is 26.2 Å². The van der Waals surface area contributed by atoms with Crippen LogP contribution in [0.1, 0.15) is 20.3 Å². The molecule has 0 radical (unpaired) electrons. The highest BCUT2D eigenvalue weighted by Gasteiger charge is 2.31. The molecule has 1 atom stereocenters. The summed E-state index contributed by atoms with van der Waals surface area (Å²) in [6.45, 7) is 5.34. The highest BCUT2D eigenvalue weighted by atomic mass is 35.5. The Morgan fingerprint density at radius 1 is 1.26 bits per heavy atom. The van der Waals surface area contributed by atoms with Gasteiger partial charge in [0.1, 0.15) is 4.21 Å². The first kappa shape index (κ1) is 18.7. The summed E-state index contributed by atoms with van der Waals surface area (Å²) >= 11 is 6.88. The zero-order valence-corrected chi connectivity index (χ0v) is 15.6. The number of nitrogens with zero attached hydrogens (tertiary/aromatic N) is 2. The van der Waals surface area contributed by atoms with Crippen LogP contribution in [0, 0.1) is 5.92 Å². The lowest BCUT2D eigenvalue weighted by molar-refractivity contribution is -0.133. The summed E-state index contributed by atoms with van der Waals surface area (Å²) in [5.41, 5.74) is 5.92. The molecule has 1 amide bonds. The summed E-state index contributed by atoms with van der Waals surface area (Å²) in [6, 6.07) is 2.55. The first-order chi connectivity index (χ1) is 10.7. The lowest BCUT2D eigenvalue weighted by Crippen LogP contribution is -2.47. The SMILES string of the molecule is CC(C)[C@H](N)C(=O)N1CCCN(S(=O)(=O)c2ccc(Cl)s2)CC1. The van der Waals surface area contributed by atoms with Crippen LogP contribution in [0.15, 0.2) is 16.3 Å². The zero-order chi connectivity index (χ0) is 17.2. The van der Waals surface area contributed by atoms with Crippen LogP contribution < -0.4 is 5.73 Å². The lowest BCUT2D eigenvalue weighted by Gasteiger charge is -2.26. The summed E-state index contributed by atoms with van der Waals surface area (Å²) in [7, 11) is -3.55. The molecular weight excluding hydrogens is 358 g/mol. The Balaban J connectivity index is 2.08. The Bertz CT molecular complexity index is 660. The van der Waals surface area contributed by atoms with Crippen molar-refractivity contribution in [1.82, 2.24) is 9.21 Å². The number of carbonyl (C=O) groups is 1. The standard InChI is InChI=1S/C14H22ClN3O3S2/c1-10(2)13(16)14(19)17-6-3-7-18(9-8-17)23(20,21)12-5-4-11(15)22-12/h4-5,10,13H,3,6-9,16H2,1-2H3/t13-/m0/s1. The fourth-order valence-corrected chi connectivity index (χ4v) is 5.52. The number of thiophene rings is 1. The van der Waals surface area contributed by atoms with Gasteiger partial charge in [-0.2, -0.15) is 4.31 Å². The van der Waals surface area contributed by atoms with E-state index in [-0.39, 0.29) is 22.6 Å². The molecule has 6 nitrogen and oxygen atoms in total. The molecule has 2 heterocycles. The van der Waals surface area contributed by atoms with E-state index < -0.39 is 16.1 Å². The molecular formula is C14H22ClN3O3S2. The molecule has 1 aliphatic rings. The van der Waals surface area contributed by atoms with Gasteiger partial charge < -0.3 is 10.6 Å². The van der Waals surface area contributed by atoms with Gasteiger partial charge in [-0.05, 0) is 24.5 Å². The van der Waals surface area contributed by atoms with E-state index in [9.17, 15) is 13.2 Å². The molecule has 2 N–H and O–H groups in total. The predicted molar refractivity (Wildman–Crippen MR) is 92.1 cm³/mol. The van der Waals surface area contributed by atoms with E-state index in [0.717, 1.165) is 11.3 Å². The number of amides is 1. The Morgan fingerprint density at radius 2 is 1.96 bits per heavy atom. The lowest BCUT2D eigenvalue weighted by atomic mass is 10.0. The molecule has 1 saturated heterocycles. The largest absolute Gasteiger partial charge is 0.340 e. The first-order valence-corrected chi connectivity index (χ1v) is 10.2. The Hall–Kier alpha value is -0.670. The maximum atomic E-state index is 12.6. The molecule has 1 aromatic rings. The van der Waals surface area contributed by atoms with Crippen LogP contribution in [0.5, 0.6) is 0 Å². The highest BCUT2D eigenvalue weighted by molar-refractivity contribution is 7.91. The monoisotopic (exact) mass is 379 g/mol. The minimum Gasteiger partial charge on any atom is -0.340 e. The molecule has 0 spiro atoms. The van der Waals surface area contributed by atoms with Gasteiger partial charge >= 0.3 is 0 Å². The molecule has 0 aromatic carbocycles. The van der Waals surface area contributed by atoms with Gasteiger partial charge in [0.05, 0.1) is 10.4 Å². The normalized spacial score (nSPS) is 18.9. The summed E-state index contributed by atoms with van der Waals surface area (Å²) in [6.07, 6.45) is 0.592. The first-order valence-electron chi connectivity index (χ1n) is 7.53. The fraction of sp³-hybridized carbons (Fsp3) is 0.643. The number of halogens is 1. The number of carbonyl (C=O) groups excluding carboxylic acids is 1. The molecule has 1 fully saturated rings. The third-order valence-electron chi connectivity index (χ3n) is 3.91. The molecule has 0 unspecified atom stereocenters. The molecule has 9 heteroatoms. The quantitative estimate of drug-likeness (QED) is 0.861.